The summed E-state index contributed by atoms with van der Waals surface area (Å²) >= 11 is 5.87. The molecule has 0 N–H and O–H groups in total. The van der Waals surface area contributed by atoms with Gasteiger partial charge in [-0.15, -0.1) is 0 Å². The highest BCUT2D eigenvalue weighted by atomic mass is 35.5. The molecule has 3 nitrogen and oxygen atoms in total. The smallest absolute Gasteiger partial charge is 0.330 e. The number of rotatable bonds is 6. The predicted octanol–water partition coefficient (Wildman–Crippen LogP) is 2.70. The van der Waals surface area contributed by atoms with Gasteiger partial charge in [-0.25, -0.2) is 4.79 Å². The molecule has 0 heterocycles. The maximum Gasteiger partial charge on any atom is 0.330 e. The first kappa shape index (κ1) is 13.6. The Morgan fingerprint density at radius 1 is 1.71 bits per heavy atom. The van der Waals surface area contributed by atoms with Gasteiger partial charge in [0.1, 0.15) is 6.61 Å². The van der Waals surface area contributed by atoms with Crippen molar-refractivity contribution >= 4 is 23.3 Å². The fourth-order valence-corrected chi connectivity index (χ4v) is 1.58. The number of ether oxygens (including phenoxy) is 1. The van der Waals surface area contributed by atoms with Gasteiger partial charge in [0.05, 0.1) is 11.6 Å². The molecule has 0 bridgehead atoms. The van der Waals surface area contributed by atoms with Crippen LogP contribution >= 0.6 is 11.6 Å². The second kappa shape index (κ2) is 6.97. The summed E-state index contributed by atoms with van der Waals surface area (Å²) in [5, 5.41) is 0.573. The van der Waals surface area contributed by atoms with Crippen molar-refractivity contribution in [2.75, 3.05) is 24.6 Å². The molecule has 0 aliphatic rings. The number of hydrogen-bond donors (Lipinski definition) is 0. The van der Waals surface area contributed by atoms with Gasteiger partial charge < -0.3 is 9.64 Å². The Morgan fingerprint density at radius 3 is 3.06 bits per heavy atom. The van der Waals surface area contributed by atoms with E-state index in [0.29, 0.717) is 18.2 Å². The van der Waals surface area contributed by atoms with E-state index in [9.17, 15) is 4.79 Å². The Balaban J connectivity index is 2.54. The predicted molar refractivity (Wildman–Crippen MR) is 69.3 cm³/mol. The third kappa shape index (κ3) is 4.49. The van der Waals surface area contributed by atoms with Gasteiger partial charge in [0.25, 0.3) is 0 Å². The summed E-state index contributed by atoms with van der Waals surface area (Å²) in [4.78, 5) is 13.0. The van der Waals surface area contributed by atoms with E-state index < -0.39 is 5.97 Å². The van der Waals surface area contributed by atoms with Crippen LogP contribution in [0.25, 0.3) is 0 Å². The molecular weight excluding hydrogens is 238 g/mol. The minimum absolute atomic E-state index is 0.328. The molecule has 0 atom stereocenters. The standard InChI is InChI=1S/C13H15ClNO2/c1-3-13(16)17-9-8-15(4-2)12-7-5-6-11(14)10-12/h3,5,7,10H,1,4,8-9H2,2H3. The Bertz CT molecular complexity index is 393. The van der Waals surface area contributed by atoms with E-state index in [1.165, 1.54) is 0 Å². The van der Waals surface area contributed by atoms with E-state index >= 15 is 0 Å². The van der Waals surface area contributed by atoms with Crippen molar-refractivity contribution in [3.63, 3.8) is 0 Å². The first-order valence-electron chi connectivity index (χ1n) is 5.38. The maximum atomic E-state index is 10.9. The van der Waals surface area contributed by atoms with Crippen molar-refractivity contribution in [2.45, 2.75) is 6.92 Å². The van der Waals surface area contributed by atoms with E-state index in [1.54, 1.807) is 6.07 Å². The third-order valence-corrected chi connectivity index (χ3v) is 2.49. The van der Waals surface area contributed by atoms with Crippen molar-refractivity contribution < 1.29 is 9.53 Å². The SMILES string of the molecule is C=CC(=O)OCCN(CC)c1cc[c]c(Cl)c1. The van der Waals surface area contributed by atoms with E-state index in [2.05, 4.69) is 17.5 Å². The monoisotopic (exact) mass is 252 g/mol. The van der Waals surface area contributed by atoms with Gasteiger partial charge in [-0.2, -0.15) is 0 Å². The van der Waals surface area contributed by atoms with Crippen LogP contribution in [-0.2, 0) is 9.53 Å². The highest BCUT2D eigenvalue weighted by Crippen LogP contribution is 2.18. The lowest BCUT2D eigenvalue weighted by atomic mass is 10.3. The molecule has 0 saturated carbocycles. The molecule has 1 rings (SSSR count). The third-order valence-electron chi connectivity index (χ3n) is 2.27. The van der Waals surface area contributed by atoms with Crippen LogP contribution < -0.4 is 4.90 Å². The van der Waals surface area contributed by atoms with Crippen molar-refractivity contribution in [3.8, 4) is 0 Å². The molecular formula is C13H15ClNO2. The molecule has 0 unspecified atom stereocenters. The van der Waals surface area contributed by atoms with Gasteiger partial charge in [0, 0.05) is 24.4 Å². The Morgan fingerprint density at radius 2 is 2.47 bits per heavy atom. The fraction of sp³-hybridized carbons (Fsp3) is 0.308. The summed E-state index contributed by atoms with van der Waals surface area (Å²) in [7, 11) is 0. The summed E-state index contributed by atoms with van der Waals surface area (Å²) in [5.41, 5.74) is 0.992. The summed E-state index contributed by atoms with van der Waals surface area (Å²) in [6.07, 6.45) is 1.16. The molecule has 1 radical (unpaired) electrons. The number of benzene rings is 1. The van der Waals surface area contributed by atoms with Crippen LogP contribution in [0.4, 0.5) is 5.69 Å². The highest BCUT2D eigenvalue weighted by molar-refractivity contribution is 6.30. The topological polar surface area (TPSA) is 29.5 Å². The number of anilines is 1. The summed E-state index contributed by atoms with van der Waals surface area (Å²) in [6, 6.07) is 8.40. The Labute approximate surface area is 107 Å². The first-order chi connectivity index (χ1) is 8.17. The van der Waals surface area contributed by atoms with Crippen LogP contribution in [0.3, 0.4) is 0 Å². The van der Waals surface area contributed by atoms with Crippen LogP contribution in [-0.4, -0.2) is 25.7 Å². The number of carbonyl (C=O) groups excluding carboxylic acids is 1. The van der Waals surface area contributed by atoms with Crippen LogP contribution in [0.5, 0.6) is 0 Å². The zero-order valence-electron chi connectivity index (χ0n) is 9.78. The number of carbonyl (C=O) groups is 1. The van der Waals surface area contributed by atoms with Crippen molar-refractivity contribution in [1.82, 2.24) is 0 Å². The molecule has 1 aromatic carbocycles. The van der Waals surface area contributed by atoms with Gasteiger partial charge in [-0.3, -0.25) is 0 Å². The lowest BCUT2D eigenvalue weighted by Crippen LogP contribution is -2.27. The quantitative estimate of drug-likeness (QED) is 0.576. The number of likely N-dealkylation sites (N-methyl/N-ethyl adjacent to an activating group) is 1. The number of nitrogens with zero attached hydrogens (tertiary/aromatic N) is 1. The molecule has 0 aliphatic carbocycles. The summed E-state index contributed by atoms with van der Waals surface area (Å²) in [5.74, 6) is -0.402. The van der Waals surface area contributed by atoms with Gasteiger partial charge >= 0.3 is 5.97 Å². The molecule has 0 saturated heterocycles. The van der Waals surface area contributed by atoms with E-state index in [1.807, 2.05) is 19.1 Å². The van der Waals surface area contributed by atoms with E-state index in [0.717, 1.165) is 18.3 Å². The van der Waals surface area contributed by atoms with E-state index in [4.69, 9.17) is 16.3 Å². The second-order valence-corrected chi connectivity index (χ2v) is 3.75. The highest BCUT2D eigenvalue weighted by Gasteiger charge is 2.05. The Hall–Kier alpha value is -1.48. The molecule has 1 aromatic rings. The van der Waals surface area contributed by atoms with Crippen molar-refractivity contribution in [2.24, 2.45) is 0 Å². The van der Waals surface area contributed by atoms with Gasteiger partial charge in [0.2, 0.25) is 0 Å². The van der Waals surface area contributed by atoms with Crippen LogP contribution in [0.2, 0.25) is 5.02 Å². The van der Waals surface area contributed by atoms with Crippen molar-refractivity contribution in [1.29, 1.82) is 0 Å². The lowest BCUT2D eigenvalue weighted by Gasteiger charge is -2.22. The normalized spacial score (nSPS) is 9.76. The summed E-state index contributed by atoms with van der Waals surface area (Å²) in [6.45, 7) is 7.13. The largest absolute Gasteiger partial charge is 0.461 e. The molecule has 91 valence electrons. The zero-order valence-corrected chi connectivity index (χ0v) is 10.5. The number of hydrogen-bond acceptors (Lipinski definition) is 3. The maximum absolute atomic E-state index is 10.9. The summed E-state index contributed by atoms with van der Waals surface area (Å²) < 4.78 is 4.94. The van der Waals surface area contributed by atoms with E-state index in [-0.39, 0.29) is 0 Å². The minimum Gasteiger partial charge on any atom is -0.461 e. The first-order valence-corrected chi connectivity index (χ1v) is 5.76. The van der Waals surface area contributed by atoms with Gasteiger partial charge in [0.15, 0.2) is 0 Å². The van der Waals surface area contributed by atoms with Crippen molar-refractivity contribution in [3.05, 3.63) is 41.9 Å². The average molecular weight is 253 g/mol. The molecule has 4 heteroatoms. The van der Waals surface area contributed by atoms with Gasteiger partial charge in [-0.05, 0) is 19.1 Å². The minimum atomic E-state index is -0.402. The fourth-order valence-electron chi connectivity index (χ4n) is 1.41. The number of halogens is 1. The molecule has 0 amide bonds. The zero-order chi connectivity index (χ0) is 12.7. The Kier molecular flexibility index (Phi) is 5.57. The van der Waals surface area contributed by atoms with Crippen LogP contribution in [0, 0.1) is 6.07 Å². The van der Waals surface area contributed by atoms with Gasteiger partial charge in [-0.1, -0.05) is 24.2 Å². The average Bonchev–Trinajstić information content (AvgIpc) is 2.34. The molecule has 0 aliphatic heterocycles. The molecule has 0 spiro atoms. The van der Waals surface area contributed by atoms with Crippen LogP contribution in [0.1, 0.15) is 6.92 Å². The molecule has 17 heavy (non-hydrogen) atoms. The molecule has 0 fully saturated rings. The lowest BCUT2D eigenvalue weighted by molar-refractivity contribution is -0.137. The number of esters is 1. The second-order valence-electron chi connectivity index (χ2n) is 3.35. The van der Waals surface area contributed by atoms with Crippen LogP contribution in [0.15, 0.2) is 30.9 Å². The molecule has 0 aromatic heterocycles.